The third-order valence-corrected chi connectivity index (χ3v) is 6.85. The average molecular weight is 572 g/mol. The third kappa shape index (κ3) is 7.44. The zero-order chi connectivity index (χ0) is 27.1. The van der Waals surface area contributed by atoms with Gasteiger partial charge in [-0.05, 0) is 79.7 Å². The second-order valence-electron chi connectivity index (χ2n) is 9.07. The smallest absolute Gasteiger partial charge is 0.240 e. The Morgan fingerprint density at radius 2 is 1.64 bits per heavy atom. The van der Waals surface area contributed by atoms with Gasteiger partial charge in [0.05, 0.1) is 31.2 Å². The van der Waals surface area contributed by atoms with Crippen LogP contribution in [0.25, 0.3) is 10.9 Å². The zero-order valence-electron chi connectivity index (χ0n) is 22.9. The molecule has 3 aromatic carbocycles. The van der Waals surface area contributed by atoms with Crippen molar-refractivity contribution in [1.82, 2.24) is 14.7 Å². The van der Waals surface area contributed by atoms with Gasteiger partial charge in [-0.3, -0.25) is 14.4 Å². The molecule has 0 radical (unpaired) electrons. The molecule has 0 unspecified atom stereocenters. The highest BCUT2D eigenvalue weighted by Gasteiger charge is 2.19. The number of carbonyl (C=O) groups is 1. The number of aromatic nitrogens is 2. The van der Waals surface area contributed by atoms with Gasteiger partial charge in [-0.2, -0.15) is 0 Å². The molecule has 0 fully saturated rings. The van der Waals surface area contributed by atoms with E-state index in [-0.39, 0.29) is 18.3 Å². The summed E-state index contributed by atoms with van der Waals surface area (Å²) in [4.78, 5) is 16.8. The van der Waals surface area contributed by atoms with Gasteiger partial charge < -0.3 is 14.4 Å². The van der Waals surface area contributed by atoms with Crippen molar-refractivity contribution in [3.8, 4) is 11.6 Å². The molecule has 1 heterocycles. The van der Waals surface area contributed by atoms with Crippen LogP contribution in [0.5, 0.6) is 11.6 Å². The fourth-order valence-electron chi connectivity index (χ4n) is 4.51. The van der Waals surface area contributed by atoms with Crippen LogP contribution in [-0.2, 0) is 11.3 Å². The van der Waals surface area contributed by atoms with E-state index in [9.17, 15) is 4.79 Å². The Kier molecular flexibility index (Phi) is 11.0. The van der Waals surface area contributed by atoms with Crippen LogP contribution in [-0.4, -0.2) is 53.9 Å². The Hall–Kier alpha value is -3.26. The molecule has 0 aliphatic heterocycles. The number of methoxy groups -OCH3 is 1. The molecule has 0 saturated heterocycles. The van der Waals surface area contributed by atoms with Gasteiger partial charge in [0.2, 0.25) is 11.8 Å². The number of benzene rings is 3. The van der Waals surface area contributed by atoms with E-state index >= 15 is 0 Å². The Balaban J connectivity index is 0.00000420. The predicted molar refractivity (Wildman–Crippen MR) is 161 cm³/mol. The van der Waals surface area contributed by atoms with E-state index in [1.54, 1.807) is 18.9 Å². The first kappa shape index (κ1) is 30.3. The van der Waals surface area contributed by atoms with E-state index in [0.29, 0.717) is 24.1 Å². The molecule has 0 aliphatic carbocycles. The molecule has 7 nitrogen and oxygen atoms in total. The van der Waals surface area contributed by atoms with E-state index in [1.165, 1.54) is 0 Å². The molecule has 39 heavy (non-hydrogen) atoms. The molecule has 0 aliphatic rings. The summed E-state index contributed by atoms with van der Waals surface area (Å²) in [6.45, 7) is 10.0. The SMILES string of the molecule is CCN(CC)CCCOc1nn(Cc2ccc(Cl)cc2)c2ccc(N(C(C)=O)c3ccc(OC)cc3)cc12.Cl. The number of halogens is 2. The molecule has 0 saturated carbocycles. The fourth-order valence-corrected chi connectivity index (χ4v) is 4.63. The minimum atomic E-state index is -0.0928. The lowest BCUT2D eigenvalue weighted by atomic mass is 10.1. The molecule has 4 aromatic rings. The standard InChI is InChI=1S/C30H35ClN4O3.ClH/c1-5-33(6-2)18-7-19-38-30-28-20-26(35(22(3)36)25-12-15-27(37-4)16-13-25)14-17-29(28)34(32-30)21-23-8-10-24(31)11-9-23;/h8-17,20H,5-7,18-19,21H2,1-4H3;1H. The van der Waals surface area contributed by atoms with E-state index in [1.807, 2.05) is 71.4 Å². The first-order valence-corrected chi connectivity index (χ1v) is 13.4. The summed E-state index contributed by atoms with van der Waals surface area (Å²) >= 11 is 6.08. The number of hydrogen-bond donors (Lipinski definition) is 0. The lowest BCUT2D eigenvalue weighted by Crippen LogP contribution is -2.25. The van der Waals surface area contributed by atoms with Crippen LogP contribution in [0.3, 0.4) is 0 Å². The molecule has 9 heteroatoms. The molecule has 0 atom stereocenters. The van der Waals surface area contributed by atoms with Crippen molar-refractivity contribution in [2.75, 3.05) is 38.3 Å². The van der Waals surface area contributed by atoms with E-state index in [0.717, 1.165) is 59.6 Å². The molecular formula is C30H36Cl2N4O3. The molecular weight excluding hydrogens is 535 g/mol. The van der Waals surface area contributed by atoms with Gasteiger partial charge in [-0.1, -0.05) is 37.6 Å². The van der Waals surface area contributed by atoms with E-state index in [2.05, 4.69) is 18.7 Å². The number of anilines is 2. The lowest BCUT2D eigenvalue weighted by molar-refractivity contribution is -0.115. The highest BCUT2D eigenvalue weighted by Crippen LogP contribution is 2.34. The van der Waals surface area contributed by atoms with Gasteiger partial charge in [0.25, 0.3) is 0 Å². The fraction of sp³-hybridized carbons (Fsp3) is 0.333. The maximum atomic E-state index is 12.8. The number of amides is 1. The summed E-state index contributed by atoms with van der Waals surface area (Å²) in [6.07, 6.45) is 0.901. The maximum absolute atomic E-state index is 12.8. The summed E-state index contributed by atoms with van der Waals surface area (Å²) in [6, 6.07) is 21.1. The van der Waals surface area contributed by atoms with Crippen molar-refractivity contribution in [1.29, 1.82) is 0 Å². The van der Waals surface area contributed by atoms with Gasteiger partial charge >= 0.3 is 0 Å². The zero-order valence-corrected chi connectivity index (χ0v) is 24.5. The number of hydrogen-bond acceptors (Lipinski definition) is 5. The molecule has 208 valence electrons. The first-order valence-electron chi connectivity index (χ1n) is 13.0. The van der Waals surface area contributed by atoms with E-state index < -0.39 is 0 Å². The van der Waals surface area contributed by atoms with Gasteiger partial charge in [0.15, 0.2) is 0 Å². The number of fused-ring (bicyclic) bond motifs is 1. The molecule has 0 N–H and O–H groups in total. The Labute approximate surface area is 241 Å². The number of nitrogens with zero attached hydrogens (tertiary/aromatic N) is 4. The normalized spacial score (nSPS) is 10.9. The van der Waals surface area contributed by atoms with Crippen molar-refractivity contribution in [2.24, 2.45) is 0 Å². The molecule has 0 bridgehead atoms. The second-order valence-corrected chi connectivity index (χ2v) is 9.51. The number of carbonyl (C=O) groups excluding carboxylic acids is 1. The summed E-state index contributed by atoms with van der Waals surface area (Å²) in [7, 11) is 1.62. The molecule has 1 aromatic heterocycles. The van der Waals surface area contributed by atoms with Crippen LogP contribution in [0.2, 0.25) is 5.02 Å². The Morgan fingerprint density at radius 3 is 2.26 bits per heavy atom. The minimum absolute atomic E-state index is 0. The highest BCUT2D eigenvalue weighted by molar-refractivity contribution is 6.30. The molecule has 4 rings (SSSR count). The van der Waals surface area contributed by atoms with Crippen LogP contribution in [0.4, 0.5) is 11.4 Å². The summed E-state index contributed by atoms with van der Waals surface area (Å²) < 4.78 is 13.4. The van der Waals surface area contributed by atoms with Crippen LogP contribution in [0, 0.1) is 0 Å². The first-order chi connectivity index (χ1) is 18.4. The topological polar surface area (TPSA) is 59.8 Å². The quantitative estimate of drug-likeness (QED) is 0.172. The highest BCUT2D eigenvalue weighted by atomic mass is 35.5. The summed E-state index contributed by atoms with van der Waals surface area (Å²) in [5.74, 6) is 1.20. The van der Waals surface area contributed by atoms with Crippen molar-refractivity contribution >= 4 is 52.2 Å². The van der Waals surface area contributed by atoms with Crippen molar-refractivity contribution in [3.63, 3.8) is 0 Å². The molecule has 0 spiro atoms. The Morgan fingerprint density at radius 1 is 0.974 bits per heavy atom. The van der Waals surface area contributed by atoms with Gasteiger partial charge in [-0.25, -0.2) is 0 Å². The second kappa shape index (κ2) is 14.2. The van der Waals surface area contributed by atoms with Gasteiger partial charge in [-0.15, -0.1) is 17.5 Å². The summed E-state index contributed by atoms with van der Waals surface area (Å²) in [5, 5.41) is 6.39. The number of rotatable bonds is 12. The lowest BCUT2D eigenvalue weighted by Gasteiger charge is -2.22. The Bertz CT molecular complexity index is 1350. The van der Waals surface area contributed by atoms with Crippen molar-refractivity contribution in [2.45, 2.75) is 33.7 Å². The van der Waals surface area contributed by atoms with Crippen LogP contribution in [0.1, 0.15) is 32.8 Å². The predicted octanol–water partition coefficient (Wildman–Crippen LogP) is 6.96. The maximum Gasteiger partial charge on any atom is 0.240 e. The van der Waals surface area contributed by atoms with Crippen molar-refractivity contribution < 1.29 is 14.3 Å². The van der Waals surface area contributed by atoms with Crippen LogP contribution >= 0.6 is 24.0 Å². The van der Waals surface area contributed by atoms with E-state index in [4.69, 9.17) is 26.2 Å². The van der Waals surface area contributed by atoms with Gasteiger partial charge in [0.1, 0.15) is 5.75 Å². The summed E-state index contributed by atoms with van der Waals surface area (Å²) in [5.41, 5.74) is 3.52. The van der Waals surface area contributed by atoms with Gasteiger partial charge in [0, 0.05) is 29.9 Å². The van der Waals surface area contributed by atoms with Crippen LogP contribution < -0.4 is 14.4 Å². The average Bonchev–Trinajstić information content (AvgIpc) is 3.26. The number of ether oxygens (including phenoxy) is 2. The third-order valence-electron chi connectivity index (χ3n) is 6.60. The van der Waals surface area contributed by atoms with Crippen molar-refractivity contribution in [3.05, 3.63) is 77.3 Å². The van der Waals surface area contributed by atoms with Crippen LogP contribution in [0.15, 0.2) is 66.7 Å². The minimum Gasteiger partial charge on any atom is -0.497 e. The molecule has 1 amide bonds. The largest absolute Gasteiger partial charge is 0.497 e. The monoisotopic (exact) mass is 570 g/mol.